The van der Waals surface area contributed by atoms with Gasteiger partial charge in [0.25, 0.3) is 0 Å². The molecule has 0 spiro atoms. The van der Waals surface area contributed by atoms with Crippen molar-refractivity contribution in [3.05, 3.63) is 52.0 Å². The fourth-order valence-corrected chi connectivity index (χ4v) is 2.55. The van der Waals surface area contributed by atoms with Gasteiger partial charge in [-0.2, -0.15) is 5.10 Å². The van der Waals surface area contributed by atoms with Crippen molar-refractivity contribution in [2.75, 3.05) is 0 Å². The minimum atomic E-state index is -0.537. The summed E-state index contributed by atoms with van der Waals surface area (Å²) >= 11 is 3.35. The lowest BCUT2D eigenvalue weighted by Crippen LogP contribution is -2.20. The molecule has 0 aliphatic rings. The fraction of sp³-hybridized carbons (Fsp3) is 0.308. The van der Waals surface area contributed by atoms with Gasteiger partial charge in [0.05, 0.1) is 11.7 Å². The van der Waals surface area contributed by atoms with Crippen LogP contribution in [0, 0.1) is 5.82 Å². The lowest BCUT2D eigenvalue weighted by atomic mass is 10.0. The van der Waals surface area contributed by atoms with E-state index in [1.807, 2.05) is 24.6 Å². The zero-order chi connectivity index (χ0) is 13.3. The number of nitrogens with two attached hydrogens (primary N) is 1. The van der Waals surface area contributed by atoms with Crippen LogP contribution in [0.5, 0.6) is 0 Å². The monoisotopic (exact) mass is 311 g/mol. The number of halogens is 2. The largest absolute Gasteiger partial charge is 0.319 e. The predicted octanol–water partition coefficient (Wildman–Crippen LogP) is 3.41. The molecule has 0 aliphatic heterocycles. The molecule has 0 bridgehead atoms. The average Bonchev–Trinajstić information content (AvgIpc) is 2.77. The third kappa shape index (κ3) is 2.33. The van der Waals surface area contributed by atoms with E-state index in [0.29, 0.717) is 10.0 Å². The molecule has 1 aromatic heterocycles. The van der Waals surface area contributed by atoms with Crippen molar-refractivity contribution in [2.45, 2.75) is 25.9 Å². The summed E-state index contributed by atoms with van der Waals surface area (Å²) in [7, 11) is 0. The molecule has 0 aliphatic carbocycles. The van der Waals surface area contributed by atoms with Gasteiger partial charge in [-0.25, -0.2) is 4.39 Å². The molecule has 1 aromatic carbocycles. The van der Waals surface area contributed by atoms with E-state index < -0.39 is 6.04 Å². The first-order valence-electron chi connectivity index (χ1n) is 5.75. The molecule has 0 radical (unpaired) electrons. The van der Waals surface area contributed by atoms with Gasteiger partial charge in [-0.15, -0.1) is 0 Å². The van der Waals surface area contributed by atoms with Gasteiger partial charge >= 0.3 is 0 Å². The molecule has 0 amide bonds. The quantitative estimate of drug-likeness (QED) is 0.944. The number of benzene rings is 1. The van der Waals surface area contributed by atoms with Crippen LogP contribution < -0.4 is 5.73 Å². The first-order valence-corrected chi connectivity index (χ1v) is 6.54. The molecule has 3 nitrogen and oxygen atoms in total. The molecule has 2 N–H and O–H groups in total. The van der Waals surface area contributed by atoms with E-state index in [-0.39, 0.29) is 11.9 Å². The smallest absolute Gasteiger partial charge is 0.129 e. The van der Waals surface area contributed by atoms with E-state index in [1.54, 1.807) is 18.3 Å². The molecule has 1 atom stereocenters. The maximum atomic E-state index is 13.9. The SMILES string of the molecule is CC(C)n1nccc1C(N)c1c(F)cccc1Br. The maximum Gasteiger partial charge on any atom is 0.129 e. The van der Waals surface area contributed by atoms with Crippen molar-refractivity contribution in [3.63, 3.8) is 0 Å². The molecule has 0 saturated heterocycles. The van der Waals surface area contributed by atoms with Crippen LogP contribution in [-0.2, 0) is 0 Å². The minimum absolute atomic E-state index is 0.187. The Morgan fingerprint density at radius 3 is 2.67 bits per heavy atom. The minimum Gasteiger partial charge on any atom is -0.319 e. The number of hydrogen-bond donors (Lipinski definition) is 1. The highest BCUT2D eigenvalue weighted by Crippen LogP contribution is 2.29. The fourth-order valence-electron chi connectivity index (χ4n) is 1.96. The molecular weight excluding hydrogens is 297 g/mol. The van der Waals surface area contributed by atoms with Gasteiger partial charge in [0.2, 0.25) is 0 Å². The molecule has 0 fully saturated rings. The second kappa shape index (κ2) is 5.20. The molecule has 0 saturated carbocycles. The summed E-state index contributed by atoms with van der Waals surface area (Å²) in [4.78, 5) is 0. The Bertz CT molecular complexity index is 531. The van der Waals surface area contributed by atoms with Crippen LogP contribution in [0.25, 0.3) is 0 Å². The number of hydrogen-bond acceptors (Lipinski definition) is 2. The van der Waals surface area contributed by atoms with Crippen molar-refractivity contribution < 1.29 is 4.39 Å². The summed E-state index contributed by atoms with van der Waals surface area (Å²) in [5.74, 6) is -0.312. The zero-order valence-electron chi connectivity index (χ0n) is 10.3. The zero-order valence-corrected chi connectivity index (χ0v) is 11.9. The Balaban J connectivity index is 2.48. The maximum absolute atomic E-state index is 13.9. The number of rotatable bonds is 3. The Kier molecular flexibility index (Phi) is 3.82. The Morgan fingerprint density at radius 1 is 1.33 bits per heavy atom. The van der Waals surface area contributed by atoms with Crippen LogP contribution in [0.15, 0.2) is 34.9 Å². The second-order valence-corrected chi connectivity index (χ2v) is 5.26. The third-order valence-corrected chi connectivity index (χ3v) is 3.51. The van der Waals surface area contributed by atoms with Gasteiger partial charge in [0.15, 0.2) is 0 Å². The lowest BCUT2D eigenvalue weighted by molar-refractivity contribution is 0.493. The molecule has 2 rings (SSSR count). The highest BCUT2D eigenvalue weighted by atomic mass is 79.9. The summed E-state index contributed by atoms with van der Waals surface area (Å²) < 4.78 is 16.4. The van der Waals surface area contributed by atoms with Crippen LogP contribution in [0.3, 0.4) is 0 Å². The predicted molar refractivity (Wildman–Crippen MR) is 72.7 cm³/mol. The molecule has 96 valence electrons. The lowest BCUT2D eigenvalue weighted by Gasteiger charge is -2.18. The summed E-state index contributed by atoms with van der Waals surface area (Å²) in [5, 5.41) is 4.22. The van der Waals surface area contributed by atoms with Crippen LogP contribution >= 0.6 is 15.9 Å². The van der Waals surface area contributed by atoms with E-state index >= 15 is 0 Å². The molecule has 1 unspecified atom stereocenters. The van der Waals surface area contributed by atoms with E-state index in [2.05, 4.69) is 21.0 Å². The first-order chi connectivity index (χ1) is 8.52. The standard InChI is InChI=1S/C13H15BrFN3/c1-8(2)18-11(6-7-17-18)13(16)12-9(14)4-3-5-10(12)15/h3-8,13H,16H2,1-2H3. The van der Waals surface area contributed by atoms with Crippen molar-refractivity contribution >= 4 is 15.9 Å². The van der Waals surface area contributed by atoms with Gasteiger partial charge in [-0.3, -0.25) is 4.68 Å². The summed E-state index contributed by atoms with van der Waals surface area (Å²) in [6.45, 7) is 4.03. The van der Waals surface area contributed by atoms with Gasteiger partial charge in [-0.05, 0) is 32.0 Å². The highest BCUT2D eigenvalue weighted by molar-refractivity contribution is 9.10. The van der Waals surface area contributed by atoms with E-state index in [4.69, 9.17) is 5.73 Å². The summed E-state index contributed by atoms with van der Waals surface area (Å²) in [6.07, 6.45) is 1.68. The van der Waals surface area contributed by atoms with E-state index in [0.717, 1.165) is 5.69 Å². The summed E-state index contributed by atoms with van der Waals surface area (Å²) in [5.41, 5.74) is 7.43. The topological polar surface area (TPSA) is 43.8 Å². The Labute approximate surface area is 114 Å². The van der Waals surface area contributed by atoms with Crippen LogP contribution in [0.1, 0.15) is 37.2 Å². The van der Waals surface area contributed by atoms with E-state index in [1.165, 1.54) is 6.07 Å². The van der Waals surface area contributed by atoms with Gasteiger partial charge < -0.3 is 5.73 Å². The highest BCUT2D eigenvalue weighted by Gasteiger charge is 2.20. The van der Waals surface area contributed by atoms with Crippen molar-refractivity contribution in [1.82, 2.24) is 9.78 Å². The molecular formula is C13H15BrFN3. The van der Waals surface area contributed by atoms with Gasteiger partial charge in [0.1, 0.15) is 5.82 Å². The van der Waals surface area contributed by atoms with Crippen LogP contribution in [0.2, 0.25) is 0 Å². The molecule has 18 heavy (non-hydrogen) atoms. The Morgan fingerprint density at radius 2 is 2.06 bits per heavy atom. The van der Waals surface area contributed by atoms with E-state index in [9.17, 15) is 4.39 Å². The van der Waals surface area contributed by atoms with Crippen molar-refractivity contribution in [1.29, 1.82) is 0 Å². The molecule has 1 heterocycles. The Hall–Kier alpha value is -1.20. The number of nitrogens with zero attached hydrogens (tertiary/aromatic N) is 2. The molecule has 5 heteroatoms. The molecule has 2 aromatic rings. The first kappa shape index (κ1) is 13.2. The van der Waals surface area contributed by atoms with Gasteiger partial charge in [-0.1, -0.05) is 22.0 Å². The summed E-state index contributed by atoms with van der Waals surface area (Å²) in [6, 6.07) is 6.32. The van der Waals surface area contributed by atoms with Crippen LogP contribution in [-0.4, -0.2) is 9.78 Å². The normalized spacial score (nSPS) is 13.0. The third-order valence-electron chi connectivity index (χ3n) is 2.82. The average molecular weight is 312 g/mol. The van der Waals surface area contributed by atoms with Crippen molar-refractivity contribution in [3.8, 4) is 0 Å². The van der Waals surface area contributed by atoms with Crippen molar-refractivity contribution in [2.24, 2.45) is 5.73 Å². The second-order valence-electron chi connectivity index (χ2n) is 4.41. The number of aromatic nitrogens is 2. The van der Waals surface area contributed by atoms with Crippen LogP contribution in [0.4, 0.5) is 4.39 Å². The van der Waals surface area contributed by atoms with Gasteiger partial charge in [0, 0.05) is 22.3 Å².